The lowest BCUT2D eigenvalue weighted by Crippen LogP contribution is -2.39. The Morgan fingerprint density at radius 1 is 1.18 bits per heavy atom. The molecular weight excluding hydrogens is 646 g/mol. The van der Waals surface area contributed by atoms with E-state index in [-0.39, 0.29) is 68.1 Å². The van der Waals surface area contributed by atoms with E-state index in [1.807, 2.05) is 33.8 Å². The fraction of sp³-hybridized carbons (Fsp3) is 0.622. The maximum Gasteiger partial charge on any atom is 0.309 e. The number of aliphatic hydroxyl groups is 1. The van der Waals surface area contributed by atoms with Gasteiger partial charge in [-0.15, -0.1) is 0 Å². The Kier molecular flexibility index (Phi) is 14.7. The maximum atomic E-state index is 13.2. The molecule has 0 fully saturated rings. The van der Waals surface area contributed by atoms with Crippen LogP contribution in [0.3, 0.4) is 0 Å². The molecule has 0 radical (unpaired) electrons. The van der Waals surface area contributed by atoms with Gasteiger partial charge in [0.1, 0.15) is 37.1 Å². The molecule has 6 bridgehead atoms. The van der Waals surface area contributed by atoms with Crippen molar-refractivity contribution >= 4 is 35.4 Å². The van der Waals surface area contributed by atoms with Crippen molar-refractivity contribution in [2.24, 2.45) is 21.8 Å². The van der Waals surface area contributed by atoms with Crippen molar-refractivity contribution in [2.75, 3.05) is 27.4 Å². The second kappa shape index (κ2) is 18.9. The number of methoxy groups -OCH3 is 2. The van der Waals surface area contributed by atoms with Gasteiger partial charge in [0.2, 0.25) is 17.7 Å². The summed E-state index contributed by atoms with van der Waals surface area (Å²) < 4.78 is 35.0. The first-order chi connectivity index (χ1) is 24.0. The first kappa shape index (κ1) is 38.9. The van der Waals surface area contributed by atoms with Gasteiger partial charge in [-0.2, -0.15) is 0 Å². The summed E-state index contributed by atoms with van der Waals surface area (Å²) >= 11 is 0. The Morgan fingerprint density at radius 2 is 1.98 bits per heavy atom. The molecule has 274 valence electrons. The third-order valence-corrected chi connectivity index (χ3v) is 9.38. The van der Waals surface area contributed by atoms with E-state index in [1.54, 1.807) is 26.4 Å². The van der Waals surface area contributed by atoms with E-state index in [1.165, 1.54) is 12.3 Å². The van der Waals surface area contributed by atoms with Crippen LogP contribution in [-0.2, 0) is 38.1 Å². The molecule has 13 nitrogen and oxygen atoms in total. The van der Waals surface area contributed by atoms with Crippen molar-refractivity contribution in [1.29, 1.82) is 0 Å². The van der Waals surface area contributed by atoms with E-state index in [0.717, 1.165) is 5.57 Å². The number of hydrogen-bond acceptors (Lipinski definition) is 13. The second-order valence-corrected chi connectivity index (χ2v) is 13.1. The molecule has 1 N–H and O–H groups in total. The minimum Gasteiger partial charge on any atom is -0.473 e. The van der Waals surface area contributed by atoms with E-state index in [2.05, 4.69) is 15.0 Å². The number of rotatable bonds is 9. The number of carbonyl (C=O) groups is 3. The summed E-state index contributed by atoms with van der Waals surface area (Å²) in [4.78, 5) is 51.6. The quantitative estimate of drug-likeness (QED) is 0.274. The maximum absolute atomic E-state index is 13.2. The zero-order valence-corrected chi connectivity index (χ0v) is 30.0. The van der Waals surface area contributed by atoms with Crippen LogP contribution in [0.1, 0.15) is 90.6 Å². The second-order valence-electron chi connectivity index (χ2n) is 13.1. The van der Waals surface area contributed by atoms with Crippen molar-refractivity contribution in [3.05, 3.63) is 47.3 Å². The Labute approximate surface area is 293 Å². The molecule has 0 aromatic carbocycles. The van der Waals surface area contributed by atoms with Gasteiger partial charge in [0.05, 0.1) is 30.4 Å². The van der Waals surface area contributed by atoms with Gasteiger partial charge in [-0.1, -0.05) is 39.0 Å². The molecule has 1 aromatic heterocycles. The van der Waals surface area contributed by atoms with Crippen LogP contribution in [0, 0.1) is 11.8 Å². The Balaban J connectivity index is 1.57. The molecule has 1 aromatic rings. The number of ether oxygens (including phenoxy) is 5. The van der Waals surface area contributed by atoms with Crippen LogP contribution < -0.4 is 0 Å². The Morgan fingerprint density at radius 3 is 2.72 bits per heavy atom. The molecular formula is C37H51N3O10. The summed E-state index contributed by atoms with van der Waals surface area (Å²) in [6.45, 7) is 8.12. The predicted octanol–water partition coefficient (Wildman–Crippen LogP) is 4.96. The number of hydrogen-bond donors (Lipinski definition) is 1. The lowest BCUT2D eigenvalue weighted by molar-refractivity contribution is -0.159. The fourth-order valence-corrected chi connectivity index (χ4v) is 6.09. The van der Waals surface area contributed by atoms with E-state index in [0.29, 0.717) is 61.2 Å². The molecule has 50 heavy (non-hydrogen) atoms. The van der Waals surface area contributed by atoms with E-state index in [4.69, 9.17) is 28.1 Å². The van der Waals surface area contributed by atoms with Crippen LogP contribution in [0.5, 0.6) is 0 Å². The van der Waals surface area contributed by atoms with Crippen LogP contribution in [0.25, 0.3) is 6.08 Å². The standard InChI is InChI=1S/C37H51N3O10/c1-7-25(41)15-14-22(2)32(46-6)18-33-24(4)31(45-5)12-9-13-34-38-29(20-47-34)36-40-30(21-49-36)37-39-28(19-48-37)23(3)16-26(42)10-8-11-27(43)17-35(44)50-33/h8-9,11,13,20,22,24,27,30-33,43H,7,10,12,14-19,21H2,1-6H3/b11-8+,13-9+,28-23-/t22-,24+,27-,30?,31-,32-,33-/m0/s1. The molecule has 0 saturated carbocycles. The van der Waals surface area contributed by atoms with E-state index < -0.39 is 24.2 Å². The van der Waals surface area contributed by atoms with Crippen LogP contribution in [0.2, 0.25) is 0 Å². The molecule has 0 saturated heterocycles. The third kappa shape index (κ3) is 11.0. The van der Waals surface area contributed by atoms with Crippen LogP contribution in [-0.4, -0.2) is 97.3 Å². The number of cyclic esters (lactones) is 1. The number of aliphatic imine (C=N–C) groups is 2. The van der Waals surface area contributed by atoms with Gasteiger partial charge in [-0.25, -0.2) is 15.0 Å². The number of oxazole rings is 1. The number of allylic oxidation sites excluding steroid dienone is 2. The first-order valence-corrected chi connectivity index (χ1v) is 17.4. The molecule has 4 heterocycles. The number of aromatic nitrogens is 1. The van der Waals surface area contributed by atoms with Crippen LogP contribution >= 0.6 is 0 Å². The van der Waals surface area contributed by atoms with Crippen LogP contribution in [0.15, 0.2) is 50.2 Å². The minimum atomic E-state index is -1.14. The number of nitrogens with zero attached hydrogens (tertiary/aromatic N) is 3. The molecule has 3 aliphatic heterocycles. The van der Waals surface area contributed by atoms with Gasteiger partial charge in [-0.3, -0.25) is 14.4 Å². The van der Waals surface area contributed by atoms with Gasteiger partial charge < -0.3 is 33.2 Å². The average Bonchev–Trinajstić information content (AvgIpc) is 3.88. The molecule has 0 spiro atoms. The summed E-state index contributed by atoms with van der Waals surface area (Å²) in [6, 6.07) is -0.443. The Bertz CT molecular complexity index is 1490. The van der Waals surface area contributed by atoms with Gasteiger partial charge in [0, 0.05) is 52.2 Å². The normalized spacial score (nSPS) is 29.3. The smallest absolute Gasteiger partial charge is 0.309 e. The first-order valence-electron chi connectivity index (χ1n) is 17.4. The number of Topliss-reactive ketones (excluding diaryl/α,β-unsaturated/α-hetero) is 2. The van der Waals surface area contributed by atoms with Crippen molar-refractivity contribution in [1.82, 2.24) is 4.98 Å². The average molecular weight is 698 g/mol. The van der Waals surface area contributed by atoms with Crippen molar-refractivity contribution in [2.45, 2.75) is 110 Å². The van der Waals surface area contributed by atoms with Crippen molar-refractivity contribution < 1.29 is 47.6 Å². The van der Waals surface area contributed by atoms with Gasteiger partial charge in [0.25, 0.3) is 0 Å². The highest BCUT2D eigenvalue weighted by Gasteiger charge is 2.34. The molecule has 3 aliphatic rings. The van der Waals surface area contributed by atoms with E-state index >= 15 is 0 Å². The highest BCUT2D eigenvalue weighted by Crippen LogP contribution is 2.28. The van der Waals surface area contributed by atoms with Gasteiger partial charge >= 0.3 is 5.97 Å². The summed E-state index contributed by atoms with van der Waals surface area (Å²) in [5.41, 5.74) is 1.88. The number of fused-ring (bicyclic) bond motifs is 6. The number of aliphatic hydroxyl groups excluding tert-OH is 1. The summed E-state index contributed by atoms with van der Waals surface area (Å²) in [5, 5.41) is 10.6. The molecule has 7 atom stereocenters. The van der Waals surface area contributed by atoms with Crippen LogP contribution in [0.4, 0.5) is 0 Å². The highest BCUT2D eigenvalue weighted by atomic mass is 16.6. The predicted molar refractivity (Wildman–Crippen MR) is 185 cm³/mol. The number of esters is 1. The topological polar surface area (TPSA) is 168 Å². The molecule has 13 heteroatoms. The molecule has 1 unspecified atom stereocenters. The number of ketones is 2. The lowest BCUT2D eigenvalue weighted by Gasteiger charge is -2.33. The summed E-state index contributed by atoms with van der Waals surface area (Å²) in [6.07, 6.45) is 8.01. The monoisotopic (exact) mass is 697 g/mol. The third-order valence-electron chi connectivity index (χ3n) is 9.38. The Hall–Kier alpha value is -3.94. The highest BCUT2D eigenvalue weighted by molar-refractivity contribution is 5.97. The summed E-state index contributed by atoms with van der Waals surface area (Å²) in [7, 11) is 3.21. The zero-order chi connectivity index (χ0) is 36.2. The fourth-order valence-electron chi connectivity index (χ4n) is 6.09. The molecule has 4 rings (SSSR count). The minimum absolute atomic E-state index is 0.0256. The lowest BCUT2D eigenvalue weighted by atomic mass is 9.87. The molecule has 0 amide bonds. The van der Waals surface area contributed by atoms with Gasteiger partial charge in [0.15, 0.2) is 11.7 Å². The van der Waals surface area contributed by atoms with Crippen molar-refractivity contribution in [3.63, 3.8) is 0 Å². The van der Waals surface area contributed by atoms with Crippen molar-refractivity contribution in [3.8, 4) is 0 Å². The SMILES string of the molecule is CCC(=O)CC[C@H](C)[C@H](C[C@@H]1OC(=O)C[C@@H](O)/C=C/CC(=O)C/C(C)=C2/COC(=N2)C2COC(=N2)c2coc(n2)/C=C/C[C@H](OC)[C@H]1C)OC. The van der Waals surface area contributed by atoms with E-state index in [9.17, 15) is 19.5 Å². The number of carbonyl (C=O) groups excluding carboxylic acids is 3. The summed E-state index contributed by atoms with van der Waals surface area (Å²) in [5.74, 6) is 0.351. The van der Waals surface area contributed by atoms with Gasteiger partial charge in [-0.05, 0) is 37.3 Å². The zero-order valence-electron chi connectivity index (χ0n) is 30.0. The molecule has 0 aliphatic carbocycles. The largest absolute Gasteiger partial charge is 0.473 e.